The van der Waals surface area contributed by atoms with Gasteiger partial charge in [0.05, 0.1) is 33.3 Å². The lowest BCUT2D eigenvalue weighted by Crippen LogP contribution is -2.50. The highest BCUT2D eigenvalue weighted by Crippen LogP contribution is 2.41. The average molecular weight is 490 g/mol. The molecule has 0 aromatic heterocycles. The predicted molar refractivity (Wildman–Crippen MR) is 121 cm³/mol. The maximum absolute atomic E-state index is 13.6. The highest BCUT2D eigenvalue weighted by Gasteiger charge is 2.52. The molecule has 2 fully saturated rings. The minimum absolute atomic E-state index is 0.186. The molecule has 33 heavy (non-hydrogen) atoms. The third-order valence-corrected chi connectivity index (χ3v) is 7.03. The maximum Gasteiger partial charge on any atom is 0.282 e. The van der Waals surface area contributed by atoms with E-state index in [4.69, 9.17) is 23.2 Å². The number of nitrogens with zero attached hydrogens (tertiary/aromatic N) is 3. The predicted octanol–water partition coefficient (Wildman–Crippen LogP) is 4.88. The van der Waals surface area contributed by atoms with Crippen molar-refractivity contribution in [3.05, 3.63) is 73.8 Å². The van der Waals surface area contributed by atoms with Crippen LogP contribution in [0.2, 0.25) is 10.0 Å². The van der Waals surface area contributed by atoms with Crippen LogP contribution < -0.4 is 0 Å². The van der Waals surface area contributed by atoms with Gasteiger partial charge in [0, 0.05) is 6.07 Å². The zero-order valence-corrected chi connectivity index (χ0v) is 19.3. The molecule has 10 heteroatoms. The van der Waals surface area contributed by atoms with Gasteiger partial charge in [-0.15, -0.1) is 0 Å². The van der Waals surface area contributed by atoms with Gasteiger partial charge in [-0.05, 0) is 48.9 Å². The summed E-state index contributed by atoms with van der Waals surface area (Å²) in [5.74, 6) is -2.44. The van der Waals surface area contributed by atoms with Crippen LogP contribution in [0.1, 0.15) is 42.1 Å². The number of imide groups is 1. The number of para-hydroxylation sites is 1. The number of hydrogen-bond donors (Lipinski definition) is 0. The monoisotopic (exact) mass is 489 g/mol. The number of rotatable bonds is 5. The third kappa shape index (κ3) is 4.32. The minimum Gasteiger partial charge on any atom is -0.272 e. The van der Waals surface area contributed by atoms with Crippen molar-refractivity contribution >= 4 is 46.6 Å². The molecule has 8 nitrogen and oxygen atoms in total. The molecule has 3 atom stereocenters. The van der Waals surface area contributed by atoms with E-state index in [9.17, 15) is 24.5 Å². The number of hydrogen-bond acceptors (Lipinski definition) is 5. The molecule has 0 unspecified atom stereocenters. The number of amides is 3. The zero-order valence-electron chi connectivity index (χ0n) is 17.7. The first-order chi connectivity index (χ1) is 15.7. The van der Waals surface area contributed by atoms with Crippen molar-refractivity contribution in [3.63, 3.8) is 0 Å². The number of benzene rings is 2. The van der Waals surface area contributed by atoms with Gasteiger partial charge in [0.15, 0.2) is 0 Å². The van der Waals surface area contributed by atoms with Crippen LogP contribution in [0.25, 0.3) is 0 Å². The molecule has 1 aliphatic heterocycles. The second-order valence-electron chi connectivity index (χ2n) is 8.51. The van der Waals surface area contributed by atoms with Crippen molar-refractivity contribution in [2.24, 2.45) is 17.8 Å². The van der Waals surface area contributed by atoms with Crippen LogP contribution in [-0.4, -0.2) is 32.7 Å². The molecule has 1 saturated heterocycles. The van der Waals surface area contributed by atoms with Crippen LogP contribution >= 0.6 is 23.2 Å². The van der Waals surface area contributed by atoms with Crippen LogP contribution in [0.3, 0.4) is 0 Å². The minimum atomic E-state index is -0.818. The van der Waals surface area contributed by atoms with E-state index in [2.05, 4.69) is 0 Å². The highest BCUT2D eigenvalue weighted by atomic mass is 35.5. The summed E-state index contributed by atoms with van der Waals surface area (Å²) < 4.78 is 0. The fourth-order valence-electron chi connectivity index (χ4n) is 4.61. The summed E-state index contributed by atoms with van der Waals surface area (Å²) in [4.78, 5) is 51.1. The Hall–Kier alpha value is -2.97. The fraction of sp³-hybridized carbons (Fsp3) is 0.348. The van der Waals surface area contributed by atoms with Crippen molar-refractivity contribution < 1.29 is 19.3 Å². The van der Waals surface area contributed by atoms with E-state index >= 15 is 0 Å². The molecule has 0 bridgehead atoms. The molecular weight excluding hydrogens is 469 g/mol. The van der Waals surface area contributed by atoms with Crippen LogP contribution in [-0.2, 0) is 16.1 Å². The second kappa shape index (κ2) is 9.11. The summed E-state index contributed by atoms with van der Waals surface area (Å²) in [6.07, 6.45) is 1.94. The van der Waals surface area contributed by atoms with Crippen LogP contribution in [0.15, 0.2) is 42.5 Å². The molecule has 0 spiro atoms. The van der Waals surface area contributed by atoms with E-state index in [-0.39, 0.29) is 23.0 Å². The van der Waals surface area contributed by atoms with E-state index in [1.165, 1.54) is 30.3 Å². The summed E-state index contributed by atoms with van der Waals surface area (Å²) in [6.45, 7) is 1.84. The summed E-state index contributed by atoms with van der Waals surface area (Å²) in [5, 5.41) is 14.0. The first-order valence-corrected chi connectivity index (χ1v) is 11.3. The lowest BCUT2D eigenvalue weighted by molar-refractivity contribution is -0.385. The number of fused-ring (bicyclic) bond motifs is 1. The Morgan fingerprint density at radius 2 is 1.79 bits per heavy atom. The Kier molecular flexibility index (Phi) is 6.41. The molecule has 1 heterocycles. The van der Waals surface area contributed by atoms with Crippen LogP contribution in [0.4, 0.5) is 5.69 Å². The topological polar surface area (TPSA) is 101 Å². The molecular formula is C23H21Cl2N3O5. The zero-order chi connectivity index (χ0) is 23.9. The highest BCUT2D eigenvalue weighted by molar-refractivity contribution is 6.42. The summed E-state index contributed by atoms with van der Waals surface area (Å²) in [7, 11) is 0. The van der Waals surface area contributed by atoms with Gasteiger partial charge < -0.3 is 0 Å². The van der Waals surface area contributed by atoms with Gasteiger partial charge in [0.25, 0.3) is 23.4 Å². The number of carbonyl (C=O) groups is 3. The van der Waals surface area contributed by atoms with Crippen molar-refractivity contribution in [2.75, 3.05) is 0 Å². The molecule has 2 aliphatic rings. The van der Waals surface area contributed by atoms with Gasteiger partial charge in [-0.2, -0.15) is 5.01 Å². The Bertz CT molecular complexity index is 1150. The smallest absolute Gasteiger partial charge is 0.272 e. The number of halogens is 2. The average Bonchev–Trinajstić information content (AvgIpc) is 3.03. The first kappa shape index (κ1) is 23.2. The molecule has 1 aliphatic carbocycles. The van der Waals surface area contributed by atoms with Crippen molar-refractivity contribution in [2.45, 2.75) is 32.7 Å². The fourth-order valence-corrected chi connectivity index (χ4v) is 4.93. The number of nitro benzene ring substituents is 1. The van der Waals surface area contributed by atoms with Crippen molar-refractivity contribution in [1.82, 2.24) is 10.0 Å². The van der Waals surface area contributed by atoms with Gasteiger partial charge in [-0.1, -0.05) is 48.3 Å². The molecule has 0 N–H and O–H groups in total. The van der Waals surface area contributed by atoms with E-state index in [0.717, 1.165) is 16.4 Å². The SMILES string of the molecule is C[C@@H]1CC[C@H]2C(=O)N(N(Cc3ccc(Cl)c(Cl)c3)C(=O)c3ccccc3[N+](=O)[O-])C(=O)[C@@H]2C1. The Labute approximate surface area is 200 Å². The van der Waals surface area contributed by atoms with Crippen LogP contribution in [0.5, 0.6) is 0 Å². The lowest BCUT2D eigenvalue weighted by Gasteiger charge is -2.30. The number of carbonyl (C=O) groups excluding carboxylic acids is 3. The lowest BCUT2D eigenvalue weighted by atomic mass is 9.76. The Balaban J connectivity index is 1.77. The summed E-state index contributed by atoms with van der Waals surface area (Å²) in [5.41, 5.74) is -0.113. The normalized spacial score (nSPS) is 22.3. The molecule has 0 radical (unpaired) electrons. The molecule has 3 amide bonds. The standard InChI is InChI=1S/C23H21Cl2N3O5/c1-13-6-8-15-17(10-13)23(31)27(22(15)30)26(12-14-7-9-18(24)19(25)11-14)21(29)16-4-2-3-5-20(16)28(32)33/h2-5,7,9,11,13,15,17H,6,8,10,12H2,1H3/t13-,15-,17-/m1/s1. The van der Waals surface area contributed by atoms with Gasteiger partial charge >= 0.3 is 0 Å². The van der Waals surface area contributed by atoms with Gasteiger partial charge in [0.1, 0.15) is 5.56 Å². The molecule has 2 aromatic carbocycles. The van der Waals surface area contributed by atoms with E-state index < -0.39 is 40.2 Å². The molecule has 2 aromatic rings. The van der Waals surface area contributed by atoms with Gasteiger partial charge in [0.2, 0.25) is 0 Å². The first-order valence-electron chi connectivity index (χ1n) is 10.6. The van der Waals surface area contributed by atoms with Crippen molar-refractivity contribution in [3.8, 4) is 0 Å². The molecule has 172 valence electrons. The van der Waals surface area contributed by atoms with Crippen LogP contribution in [0, 0.1) is 27.9 Å². The maximum atomic E-state index is 13.6. The summed E-state index contributed by atoms with van der Waals surface area (Å²) in [6, 6.07) is 10.1. The largest absolute Gasteiger partial charge is 0.282 e. The van der Waals surface area contributed by atoms with E-state index in [1.807, 2.05) is 6.92 Å². The van der Waals surface area contributed by atoms with Crippen molar-refractivity contribution in [1.29, 1.82) is 0 Å². The van der Waals surface area contributed by atoms with E-state index in [0.29, 0.717) is 23.4 Å². The number of hydrazine groups is 1. The molecule has 1 saturated carbocycles. The number of nitro groups is 1. The quantitative estimate of drug-likeness (QED) is 0.338. The Morgan fingerprint density at radius 1 is 1.09 bits per heavy atom. The third-order valence-electron chi connectivity index (χ3n) is 6.29. The summed E-state index contributed by atoms with van der Waals surface area (Å²) >= 11 is 12.1. The van der Waals surface area contributed by atoms with E-state index in [1.54, 1.807) is 12.1 Å². The molecule has 4 rings (SSSR count). The van der Waals surface area contributed by atoms with Gasteiger partial charge in [-0.3, -0.25) is 24.5 Å². The Morgan fingerprint density at radius 3 is 2.48 bits per heavy atom. The van der Waals surface area contributed by atoms with Gasteiger partial charge in [-0.25, -0.2) is 5.01 Å². The second-order valence-corrected chi connectivity index (χ2v) is 9.32.